The molecule has 4 aromatic rings. The van der Waals surface area contributed by atoms with Gasteiger partial charge in [0.05, 0.1) is 17.2 Å². The molecule has 0 saturated carbocycles. The van der Waals surface area contributed by atoms with Gasteiger partial charge in [-0.2, -0.15) is 0 Å². The molecule has 0 bridgehead atoms. The van der Waals surface area contributed by atoms with Gasteiger partial charge in [0.1, 0.15) is 12.4 Å². The molecule has 146 valence electrons. The summed E-state index contributed by atoms with van der Waals surface area (Å²) in [6.07, 6.45) is 1.57. The SMILES string of the molecule is C[C@@H](NC(=O)Cn1c(=O)n(-c2ccc(F)cc2)c2ncccc21)c1ccccc1. The highest BCUT2D eigenvalue weighted by Crippen LogP contribution is 2.16. The minimum absolute atomic E-state index is 0.146. The topological polar surface area (TPSA) is 68.9 Å². The molecule has 0 fully saturated rings. The zero-order valence-electron chi connectivity index (χ0n) is 15.7. The molecular weight excluding hydrogens is 371 g/mol. The Hall–Kier alpha value is -3.74. The summed E-state index contributed by atoms with van der Waals surface area (Å²) < 4.78 is 16.0. The van der Waals surface area contributed by atoms with Gasteiger partial charge in [0, 0.05) is 6.20 Å². The fraction of sp³-hybridized carbons (Fsp3) is 0.136. The van der Waals surface area contributed by atoms with Crippen LogP contribution in [0, 0.1) is 5.82 Å². The highest BCUT2D eigenvalue weighted by atomic mass is 19.1. The number of fused-ring (bicyclic) bond motifs is 1. The quantitative estimate of drug-likeness (QED) is 0.569. The molecule has 0 unspecified atom stereocenters. The predicted octanol–water partition coefficient (Wildman–Crippen LogP) is 3.20. The molecular formula is C22H19FN4O2. The van der Waals surface area contributed by atoms with Gasteiger partial charge in [-0.3, -0.25) is 9.36 Å². The van der Waals surface area contributed by atoms with Crippen LogP contribution in [0.5, 0.6) is 0 Å². The van der Waals surface area contributed by atoms with Crippen LogP contribution < -0.4 is 11.0 Å². The van der Waals surface area contributed by atoms with Gasteiger partial charge in [-0.15, -0.1) is 0 Å². The van der Waals surface area contributed by atoms with E-state index in [4.69, 9.17) is 0 Å². The van der Waals surface area contributed by atoms with Crippen molar-refractivity contribution in [1.82, 2.24) is 19.4 Å². The van der Waals surface area contributed by atoms with Gasteiger partial charge in [0.25, 0.3) is 0 Å². The number of amides is 1. The lowest BCUT2D eigenvalue weighted by atomic mass is 10.1. The second-order valence-corrected chi connectivity index (χ2v) is 6.73. The summed E-state index contributed by atoms with van der Waals surface area (Å²) in [5.41, 5.74) is 1.99. The smallest absolute Gasteiger partial charge is 0.335 e. The van der Waals surface area contributed by atoms with Gasteiger partial charge in [-0.05, 0) is 48.9 Å². The van der Waals surface area contributed by atoms with Crippen LogP contribution in [-0.4, -0.2) is 20.0 Å². The number of halogens is 1. The number of imidazole rings is 1. The fourth-order valence-electron chi connectivity index (χ4n) is 3.32. The van der Waals surface area contributed by atoms with Crippen LogP contribution in [0.4, 0.5) is 4.39 Å². The van der Waals surface area contributed by atoms with Crippen molar-refractivity contribution >= 4 is 17.1 Å². The normalized spacial score (nSPS) is 12.1. The highest BCUT2D eigenvalue weighted by Gasteiger charge is 2.18. The van der Waals surface area contributed by atoms with Gasteiger partial charge >= 0.3 is 5.69 Å². The molecule has 29 heavy (non-hydrogen) atoms. The molecule has 2 aromatic heterocycles. The number of hydrogen-bond donors (Lipinski definition) is 1. The van der Waals surface area contributed by atoms with Crippen molar-refractivity contribution in [1.29, 1.82) is 0 Å². The van der Waals surface area contributed by atoms with Crippen LogP contribution in [0.1, 0.15) is 18.5 Å². The Labute approximate surface area is 166 Å². The summed E-state index contributed by atoms with van der Waals surface area (Å²) in [4.78, 5) is 30.0. The Kier molecular flexibility index (Phi) is 4.95. The molecule has 0 saturated heterocycles. The third-order valence-electron chi connectivity index (χ3n) is 4.75. The number of nitrogens with zero attached hydrogens (tertiary/aromatic N) is 3. The summed E-state index contributed by atoms with van der Waals surface area (Å²) in [7, 11) is 0. The molecule has 1 amide bonds. The van der Waals surface area contributed by atoms with Crippen molar-refractivity contribution in [2.45, 2.75) is 19.5 Å². The number of carbonyl (C=O) groups is 1. The van der Waals surface area contributed by atoms with Crippen LogP contribution in [0.25, 0.3) is 16.9 Å². The van der Waals surface area contributed by atoms with Crippen molar-refractivity contribution in [3.05, 3.63) is 94.8 Å². The van der Waals surface area contributed by atoms with Gasteiger partial charge in [0.15, 0.2) is 5.65 Å². The number of benzene rings is 2. The van der Waals surface area contributed by atoms with E-state index >= 15 is 0 Å². The Bertz CT molecular complexity index is 1210. The largest absolute Gasteiger partial charge is 0.348 e. The second kappa shape index (κ2) is 7.71. The first kappa shape index (κ1) is 18.6. The van der Waals surface area contributed by atoms with E-state index in [1.165, 1.54) is 33.4 Å². The second-order valence-electron chi connectivity index (χ2n) is 6.73. The molecule has 0 aliphatic rings. The van der Waals surface area contributed by atoms with Crippen molar-refractivity contribution in [3.8, 4) is 5.69 Å². The maximum absolute atomic E-state index is 13.3. The molecule has 0 aliphatic heterocycles. The van der Waals surface area contributed by atoms with Gasteiger partial charge in [-0.1, -0.05) is 30.3 Å². The predicted molar refractivity (Wildman–Crippen MR) is 108 cm³/mol. The summed E-state index contributed by atoms with van der Waals surface area (Å²) in [5.74, 6) is -0.682. The number of nitrogens with one attached hydrogen (secondary N) is 1. The zero-order valence-corrected chi connectivity index (χ0v) is 15.7. The molecule has 2 heterocycles. The Balaban J connectivity index is 1.67. The first-order valence-electron chi connectivity index (χ1n) is 9.21. The van der Waals surface area contributed by atoms with Crippen molar-refractivity contribution < 1.29 is 9.18 Å². The van der Waals surface area contributed by atoms with E-state index in [0.29, 0.717) is 16.9 Å². The number of rotatable bonds is 5. The van der Waals surface area contributed by atoms with Crippen LogP contribution in [0.3, 0.4) is 0 Å². The van der Waals surface area contributed by atoms with E-state index in [9.17, 15) is 14.0 Å². The fourth-order valence-corrected chi connectivity index (χ4v) is 3.32. The summed E-state index contributed by atoms with van der Waals surface area (Å²) in [5, 5.41) is 2.92. The van der Waals surface area contributed by atoms with Crippen LogP contribution in [-0.2, 0) is 11.3 Å². The van der Waals surface area contributed by atoms with E-state index in [2.05, 4.69) is 10.3 Å². The lowest BCUT2D eigenvalue weighted by Crippen LogP contribution is -2.34. The highest BCUT2D eigenvalue weighted by molar-refractivity contribution is 5.80. The number of carbonyl (C=O) groups excluding carboxylic acids is 1. The molecule has 2 aromatic carbocycles. The third-order valence-corrected chi connectivity index (χ3v) is 4.75. The van der Waals surface area contributed by atoms with E-state index in [0.717, 1.165) is 5.56 Å². The minimum Gasteiger partial charge on any atom is -0.348 e. The van der Waals surface area contributed by atoms with Gasteiger partial charge < -0.3 is 5.32 Å². The van der Waals surface area contributed by atoms with Crippen LogP contribution in [0.15, 0.2) is 77.7 Å². The van der Waals surface area contributed by atoms with E-state index in [-0.39, 0.29) is 18.5 Å². The van der Waals surface area contributed by atoms with Gasteiger partial charge in [-0.25, -0.2) is 18.7 Å². The molecule has 1 N–H and O–H groups in total. The Morgan fingerprint density at radius 2 is 1.79 bits per heavy atom. The molecule has 7 heteroatoms. The average Bonchev–Trinajstić information content (AvgIpc) is 3.01. The lowest BCUT2D eigenvalue weighted by molar-refractivity contribution is -0.122. The third kappa shape index (κ3) is 3.67. The molecule has 6 nitrogen and oxygen atoms in total. The molecule has 0 spiro atoms. The maximum atomic E-state index is 13.3. The molecule has 1 atom stereocenters. The summed E-state index contributed by atoms with van der Waals surface area (Å²) >= 11 is 0. The molecule has 0 aliphatic carbocycles. The summed E-state index contributed by atoms with van der Waals surface area (Å²) in [6, 6.07) is 18.4. The van der Waals surface area contributed by atoms with E-state index < -0.39 is 11.5 Å². The maximum Gasteiger partial charge on any atom is 0.335 e. The monoisotopic (exact) mass is 390 g/mol. The molecule has 4 rings (SSSR count). The first-order valence-corrected chi connectivity index (χ1v) is 9.21. The lowest BCUT2D eigenvalue weighted by Gasteiger charge is -2.14. The standard InChI is InChI=1S/C22H19FN4O2/c1-15(16-6-3-2-4-7-16)25-20(28)14-26-19-8-5-13-24-21(19)27(22(26)29)18-11-9-17(23)10-12-18/h2-13,15H,14H2,1H3,(H,25,28)/t15-/m1/s1. The Morgan fingerprint density at radius 3 is 2.52 bits per heavy atom. The molecule has 0 radical (unpaired) electrons. The van der Waals surface area contributed by atoms with Crippen LogP contribution in [0.2, 0.25) is 0 Å². The number of pyridine rings is 1. The van der Waals surface area contributed by atoms with Crippen molar-refractivity contribution in [2.24, 2.45) is 0 Å². The van der Waals surface area contributed by atoms with E-state index in [1.807, 2.05) is 37.3 Å². The van der Waals surface area contributed by atoms with Gasteiger partial charge in [0.2, 0.25) is 5.91 Å². The number of aromatic nitrogens is 3. The van der Waals surface area contributed by atoms with Crippen LogP contribution >= 0.6 is 0 Å². The zero-order chi connectivity index (χ0) is 20.4. The number of hydrogen-bond acceptors (Lipinski definition) is 3. The van der Waals surface area contributed by atoms with Crippen molar-refractivity contribution in [2.75, 3.05) is 0 Å². The average molecular weight is 390 g/mol. The first-order chi connectivity index (χ1) is 14.0. The minimum atomic E-state index is -0.409. The van der Waals surface area contributed by atoms with E-state index in [1.54, 1.807) is 18.3 Å². The van der Waals surface area contributed by atoms with Crippen molar-refractivity contribution in [3.63, 3.8) is 0 Å². The summed E-state index contributed by atoms with van der Waals surface area (Å²) in [6.45, 7) is 1.74. The Morgan fingerprint density at radius 1 is 1.07 bits per heavy atom.